The number of carbonyl (C=O) groups excluding carboxylic acids is 1. The minimum absolute atomic E-state index is 0.153. The Balaban J connectivity index is 1.32. The summed E-state index contributed by atoms with van der Waals surface area (Å²) in [4.78, 5) is 12.6. The third kappa shape index (κ3) is 7.94. The van der Waals surface area contributed by atoms with Gasteiger partial charge in [0.05, 0.1) is 24.7 Å². The number of sulfonamides is 1. The Morgan fingerprint density at radius 2 is 1.65 bits per heavy atom. The number of anilines is 1. The maximum atomic E-state index is 12.6. The number of aryl methyl sites for hydroxylation is 2. The number of rotatable bonds is 10. The van der Waals surface area contributed by atoms with Gasteiger partial charge in [-0.05, 0) is 102 Å². The van der Waals surface area contributed by atoms with Gasteiger partial charge in [-0.25, -0.2) is 13.8 Å². The van der Waals surface area contributed by atoms with E-state index in [4.69, 9.17) is 16.3 Å². The van der Waals surface area contributed by atoms with Crippen molar-refractivity contribution in [2.75, 3.05) is 10.6 Å². The average molecular weight is 576 g/mol. The van der Waals surface area contributed by atoms with Crippen LogP contribution in [0.5, 0.6) is 5.75 Å². The average Bonchev–Trinajstić information content (AvgIpc) is 2.92. The highest BCUT2D eigenvalue weighted by molar-refractivity contribution is 7.92. The van der Waals surface area contributed by atoms with Gasteiger partial charge in [0.15, 0.2) is 0 Å². The highest BCUT2D eigenvalue weighted by Crippen LogP contribution is 2.24. The molecule has 206 valence electrons. The summed E-state index contributed by atoms with van der Waals surface area (Å²) < 4.78 is 32.1. The van der Waals surface area contributed by atoms with E-state index in [1.165, 1.54) is 10.6 Å². The van der Waals surface area contributed by atoms with Crippen molar-refractivity contribution in [3.63, 3.8) is 0 Å². The van der Waals surface area contributed by atoms with Crippen molar-refractivity contribution in [2.24, 2.45) is 5.10 Å². The molecule has 0 atom stereocenters. The molecule has 0 heterocycles. The Hall–Kier alpha value is -4.14. The van der Waals surface area contributed by atoms with Crippen molar-refractivity contribution in [1.29, 1.82) is 0 Å². The third-order valence-corrected chi connectivity index (χ3v) is 7.65. The fourth-order valence-electron chi connectivity index (χ4n) is 3.88. The fourth-order valence-corrected chi connectivity index (χ4v) is 4.97. The minimum atomic E-state index is -3.51. The zero-order valence-electron chi connectivity index (χ0n) is 22.5. The number of hydrogen-bond donors (Lipinski definition) is 1. The summed E-state index contributed by atoms with van der Waals surface area (Å²) in [5.74, 6) is 0.326. The van der Waals surface area contributed by atoms with Gasteiger partial charge in [-0.15, -0.1) is 0 Å². The van der Waals surface area contributed by atoms with E-state index in [0.717, 1.165) is 27.8 Å². The summed E-state index contributed by atoms with van der Waals surface area (Å²) in [5.41, 5.74) is 8.14. The van der Waals surface area contributed by atoms with E-state index < -0.39 is 10.0 Å². The van der Waals surface area contributed by atoms with Crippen LogP contribution in [0.3, 0.4) is 0 Å². The van der Waals surface area contributed by atoms with Crippen LogP contribution in [0.25, 0.3) is 0 Å². The van der Waals surface area contributed by atoms with E-state index in [2.05, 4.69) is 10.5 Å². The van der Waals surface area contributed by atoms with E-state index in [1.807, 2.05) is 74.5 Å². The standard InChI is InChI=1S/C31H30ClN3O4S/c1-22-7-14-29(17-23(22)2)35(40(3,37)38)20-25-8-12-27(13-9-25)31(36)34-33-19-24-10-15-30(16-11-24)39-21-26-5-4-6-28(32)18-26/h4-19H,20-21H2,1-3H3,(H,34,36)/b33-19-. The van der Waals surface area contributed by atoms with Gasteiger partial charge in [0.1, 0.15) is 12.4 Å². The third-order valence-electron chi connectivity index (χ3n) is 6.28. The molecule has 0 fully saturated rings. The molecule has 0 unspecified atom stereocenters. The monoisotopic (exact) mass is 575 g/mol. The molecule has 0 radical (unpaired) electrons. The van der Waals surface area contributed by atoms with Crippen LogP contribution in [-0.2, 0) is 23.2 Å². The summed E-state index contributed by atoms with van der Waals surface area (Å²) in [6.07, 6.45) is 2.73. The van der Waals surface area contributed by atoms with Gasteiger partial charge in [-0.3, -0.25) is 9.10 Å². The Bertz CT molecular complexity index is 1620. The van der Waals surface area contributed by atoms with Crippen molar-refractivity contribution >= 4 is 39.4 Å². The molecule has 0 aromatic heterocycles. The van der Waals surface area contributed by atoms with Gasteiger partial charge in [0.25, 0.3) is 5.91 Å². The normalized spacial score (nSPS) is 11.4. The first-order valence-electron chi connectivity index (χ1n) is 12.5. The SMILES string of the molecule is Cc1ccc(N(Cc2ccc(C(=O)N/N=C\c3ccc(OCc4cccc(Cl)c4)cc3)cc2)S(C)(=O)=O)cc1C. The minimum Gasteiger partial charge on any atom is -0.489 e. The second-order valence-corrected chi connectivity index (χ2v) is 11.8. The van der Waals surface area contributed by atoms with E-state index in [-0.39, 0.29) is 12.5 Å². The van der Waals surface area contributed by atoms with Crippen molar-refractivity contribution < 1.29 is 17.9 Å². The number of benzene rings is 4. The fraction of sp³-hybridized carbons (Fsp3) is 0.161. The lowest BCUT2D eigenvalue weighted by molar-refractivity contribution is 0.0955. The van der Waals surface area contributed by atoms with Crippen LogP contribution in [-0.4, -0.2) is 26.8 Å². The second kappa shape index (κ2) is 12.8. The number of nitrogens with zero attached hydrogens (tertiary/aromatic N) is 2. The maximum absolute atomic E-state index is 12.6. The molecule has 0 bridgehead atoms. The highest BCUT2D eigenvalue weighted by Gasteiger charge is 2.18. The highest BCUT2D eigenvalue weighted by atomic mass is 35.5. The summed E-state index contributed by atoms with van der Waals surface area (Å²) in [6, 6.07) is 27.1. The van der Waals surface area contributed by atoms with E-state index >= 15 is 0 Å². The second-order valence-electron chi connectivity index (χ2n) is 9.42. The molecule has 0 aliphatic heterocycles. The molecule has 9 heteroatoms. The number of halogens is 1. The number of nitrogens with one attached hydrogen (secondary N) is 1. The molecule has 4 aromatic carbocycles. The Morgan fingerprint density at radius 3 is 2.30 bits per heavy atom. The van der Waals surface area contributed by atoms with E-state index in [9.17, 15) is 13.2 Å². The van der Waals surface area contributed by atoms with Crippen LogP contribution < -0.4 is 14.5 Å². The predicted octanol–water partition coefficient (Wildman–Crippen LogP) is 6.27. The Labute approximate surface area is 240 Å². The summed E-state index contributed by atoms with van der Waals surface area (Å²) in [5, 5.41) is 4.71. The van der Waals surface area contributed by atoms with E-state index in [1.54, 1.807) is 36.5 Å². The molecular formula is C31H30ClN3O4S. The van der Waals surface area contributed by atoms with Crippen molar-refractivity contribution in [3.05, 3.63) is 129 Å². The molecular weight excluding hydrogens is 546 g/mol. The Morgan fingerprint density at radius 1 is 0.925 bits per heavy atom. The smallest absolute Gasteiger partial charge is 0.271 e. The van der Waals surface area contributed by atoms with Gasteiger partial charge in [-0.1, -0.05) is 41.9 Å². The molecule has 0 spiro atoms. The van der Waals surface area contributed by atoms with Crippen molar-refractivity contribution in [2.45, 2.75) is 27.0 Å². The van der Waals surface area contributed by atoms with Gasteiger partial charge in [0, 0.05) is 10.6 Å². The molecule has 7 nitrogen and oxygen atoms in total. The lowest BCUT2D eigenvalue weighted by Crippen LogP contribution is -2.29. The summed E-state index contributed by atoms with van der Waals surface area (Å²) in [7, 11) is -3.51. The maximum Gasteiger partial charge on any atom is 0.271 e. The quantitative estimate of drug-likeness (QED) is 0.178. The molecule has 4 aromatic rings. The van der Waals surface area contributed by atoms with Gasteiger partial charge < -0.3 is 4.74 Å². The first-order chi connectivity index (χ1) is 19.1. The van der Waals surface area contributed by atoms with E-state index in [0.29, 0.717) is 28.6 Å². The van der Waals surface area contributed by atoms with Crippen LogP contribution in [0.1, 0.15) is 38.2 Å². The number of carbonyl (C=O) groups is 1. The number of ether oxygens (including phenoxy) is 1. The number of hydrogen-bond acceptors (Lipinski definition) is 5. The first-order valence-corrected chi connectivity index (χ1v) is 14.8. The Kier molecular flexibility index (Phi) is 9.24. The van der Waals surface area contributed by atoms with Gasteiger partial charge in [0.2, 0.25) is 10.0 Å². The number of hydrazone groups is 1. The van der Waals surface area contributed by atoms with Gasteiger partial charge >= 0.3 is 0 Å². The van der Waals surface area contributed by atoms with Crippen molar-refractivity contribution in [3.8, 4) is 5.75 Å². The summed E-state index contributed by atoms with van der Waals surface area (Å²) in [6.45, 7) is 4.48. The molecule has 0 aliphatic rings. The van der Waals surface area contributed by atoms with Gasteiger partial charge in [-0.2, -0.15) is 5.10 Å². The topological polar surface area (TPSA) is 88.1 Å². The van der Waals surface area contributed by atoms with Crippen LogP contribution in [0, 0.1) is 13.8 Å². The van der Waals surface area contributed by atoms with Crippen molar-refractivity contribution in [1.82, 2.24) is 5.43 Å². The van der Waals surface area contributed by atoms with Crippen LogP contribution in [0.15, 0.2) is 96.1 Å². The zero-order chi connectivity index (χ0) is 28.7. The van der Waals surface area contributed by atoms with Crippen LogP contribution >= 0.6 is 11.6 Å². The molecule has 1 amide bonds. The summed E-state index contributed by atoms with van der Waals surface area (Å²) >= 11 is 6.00. The molecule has 0 saturated carbocycles. The molecule has 0 saturated heterocycles. The van der Waals surface area contributed by atoms with Crippen LogP contribution in [0.4, 0.5) is 5.69 Å². The largest absolute Gasteiger partial charge is 0.489 e. The number of amides is 1. The lowest BCUT2D eigenvalue weighted by Gasteiger charge is -2.23. The molecule has 1 N–H and O–H groups in total. The zero-order valence-corrected chi connectivity index (χ0v) is 24.0. The molecule has 0 aliphatic carbocycles. The lowest BCUT2D eigenvalue weighted by atomic mass is 10.1. The first kappa shape index (κ1) is 28.9. The van der Waals surface area contributed by atoms with Crippen LogP contribution in [0.2, 0.25) is 5.02 Å². The molecule has 40 heavy (non-hydrogen) atoms. The predicted molar refractivity (Wildman–Crippen MR) is 161 cm³/mol. The molecule has 4 rings (SSSR count).